The van der Waals surface area contributed by atoms with Gasteiger partial charge in [0.1, 0.15) is 0 Å². The van der Waals surface area contributed by atoms with Crippen LogP contribution in [0.15, 0.2) is 30.5 Å². The van der Waals surface area contributed by atoms with Gasteiger partial charge in [-0.1, -0.05) is 37.8 Å². The molecule has 5 nitrogen and oxygen atoms in total. The average molecular weight is 336 g/mol. The maximum atomic E-state index is 12.6. The lowest BCUT2D eigenvalue weighted by molar-refractivity contribution is 0.0962. The molecule has 4 rings (SSSR count). The van der Waals surface area contributed by atoms with Crippen LogP contribution in [0.2, 0.25) is 0 Å². The van der Waals surface area contributed by atoms with Gasteiger partial charge >= 0.3 is 0 Å². The number of fused-ring (bicyclic) bond motifs is 1. The lowest BCUT2D eigenvalue weighted by Crippen LogP contribution is -2.31. The summed E-state index contributed by atoms with van der Waals surface area (Å²) in [6.45, 7) is 1.64. The number of carbonyl (C=O) groups is 1. The summed E-state index contributed by atoms with van der Waals surface area (Å²) in [6.07, 6.45) is 8.32. The molecule has 2 aliphatic rings. The third-order valence-corrected chi connectivity index (χ3v) is 5.43. The Morgan fingerprint density at radius 1 is 1.28 bits per heavy atom. The fraction of sp³-hybridized carbons (Fsp3) is 0.450. The number of ketones is 1. The highest BCUT2D eigenvalue weighted by Crippen LogP contribution is 2.30. The Labute approximate surface area is 148 Å². The number of hydrogen-bond acceptors (Lipinski definition) is 5. The van der Waals surface area contributed by atoms with Gasteiger partial charge in [-0.05, 0) is 18.1 Å². The van der Waals surface area contributed by atoms with E-state index in [1.807, 2.05) is 24.4 Å². The molecule has 0 saturated heterocycles. The van der Waals surface area contributed by atoms with Crippen LogP contribution in [0.1, 0.15) is 53.7 Å². The molecule has 2 aromatic rings. The van der Waals surface area contributed by atoms with Crippen LogP contribution in [0.4, 0.5) is 11.6 Å². The zero-order valence-corrected chi connectivity index (χ0v) is 14.4. The van der Waals surface area contributed by atoms with Crippen LogP contribution in [0.5, 0.6) is 0 Å². The van der Waals surface area contributed by atoms with E-state index in [0.29, 0.717) is 18.3 Å². The molecular weight excluding hydrogens is 312 g/mol. The van der Waals surface area contributed by atoms with Gasteiger partial charge < -0.3 is 10.6 Å². The Morgan fingerprint density at radius 3 is 2.96 bits per heavy atom. The molecule has 0 spiro atoms. The summed E-state index contributed by atoms with van der Waals surface area (Å²) in [5.74, 6) is 1.20. The monoisotopic (exact) mass is 336 g/mol. The van der Waals surface area contributed by atoms with Crippen molar-refractivity contribution in [3.8, 4) is 0 Å². The van der Waals surface area contributed by atoms with Gasteiger partial charge in [-0.25, -0.2) is 9.97 Å². The zero-order valence-electron chi connectivity index (χ0n) is 14.4. The first-order chi connectivity index (χ1) is 12.2. The highest BCUT2D eigenvalue weighted by molar-refractivity contribution is 5.97. The topological polar surface area (TPSA) is 72.1 Å². The van der Waals surface area contributed by atoms with E-state index in [4.69, 9.17) is 5.73 Å². The Bertz CT molecular complexity index is 783. The molecule has 1 fully saturated rings. The first-order valence-electron chi connectivity index (χ1n) is 9.17. The van der Waals surface area contributed by atoms with Gasteiger partial charge in [0.25, 0.3) is 0 Å². The van der Waals surface area contributed by atoms with Gasteiger partial charge in [0.15, 0.2) is 5.78 Å². The molecule has 1 saturated carbocycles. The molecule has 2 N–H and O–H groups in total. The Kier molecular flexibility index (Phi) is 4.38. The molecule has 0 atom stereocenters. The molecule has 0 unspecified atom stereocenters. The number of benzene rings is 1. The van der Waals surface area contributed by atoms with Crippen LogP contribution in [0.25, 0.3) is 0 Å². The molecule has 1 aromatic heterocycles. The summed E-state index contributed by atoms with van der Waals surface area (Å²) in [7, 11) is 0. The predicted molar refractivity (Wildman–Crippen MR) is 98.5 cm³/mol. The van der Waals surface area contributed by atoms with E-state index < -0.39 is 0 Å². The van der Waals surface area contributed by atoms with Crippen LogP contribution in [0, 0.1) is 5.92 Å². The van der Waals surface area contributed by atoms with Gasteiger partial charge in [-0.15, -0.1) is 0 Å². The summed E-state index contributed by atoms with van der Waals surface area (Å²) in [4.78, 5) is 23.3. The van der Waals surface area contributed by atoms with E-state index in [2.05, 4.69) is 20.9 Å². The Balaban J connectivity index is 1.49. The number of aromatic nitrogens is 2. The van der Waals surface area contributed by atoms with Crippen LogP contribution < -0.4 is 10.6 Å². The van der Waals surface area contributed by atoms with Crippen LogP contribution >= 0.6 is 0 Å². The molecule has 1 aliphatic carbocycles. The quantitative estimate of drug-likeness (QED) is 0.867. The highest BCUT2D eigenvalue weighted by Gasteiger charge is 2.21. The molecule has 25 heavy (non-hydrogen) atoms. The fourth-order valence-electron chi connectivity index (χ4n) is 4.02. The number of Topliss-reactive ketones (excluding diaryl/α,β-unsaturated/α-hetero) is 1. The maximum Gasteiger partial charge on any atom is 0.220 e. The van der Waals surface area contributed by atoms with Crippen molar-refractivity contribution in [1.82, 2.24) is 9.97 Å². The minimum Gasteiger partial charge on any atom is -0.368 e. The lowest BCUT2D eigenvalue weighted by atomic mass is 9.96. The van der Waals surface area contributed by atoms with Crippen molar-refractivity contribution in [2.75, 3.05) is 17.2 Å². The van der Waals surface area contributed by atoms with Crippen molar-refractivity contribution in [2.24, 2.45) is 5.92 Å². The smallest absolute Gasteiger partial charge is 0.220 e. The molecule has 1 aliphatic heterocycles. The summed E-state index contributed by atoms with van der Waals surface area (Å²) in [5, 5.41) is 0. The van der Waals surface area contributed by atoms with Gasteiger partial charge in [0.2, 0.25) is 5.95 Å². The summed E-state index contributed by atoms with van der Waals surface area (Å²) < 4.78 is 0. The highest BCUT2D eigenvalue weighted by atomic mass is 16.1. The normalized spacial score (nSPS) is 17.5. The summed E-state index contributed by atoms with van der Waals surface area (Å²) in [5.41, 5.74) is 9.76. The van der Waals surface area contributed by atoms with Gasteiger partial charge in [0, 0.05) is 48.9 Å². The fourth-order valence-corrected chi connectivity index (χ4v) is 4.02. The van der Waals surface area contributed by atoms with E-state index in [1.165, 1.54) is 25.7 Å². The molecule has 0 radical (unpaired) electrons. The zero-order chi connectivity index (χ0) is 17.2. The third kappa shape index (κ3) is 3.50. The molecular formula is C20H24N4O. The number of carbonyl (C=O) groups excluding carboxylic acids is 1. The lowest BCUT2D eigenvalue weighted by Gasteiger charge is -2.30. The number of rotatable bonds is 4. The van der Waals surface area contributed by atoms with Crippen LogP contribution in [-0.2, 0) is 13.0 Å². The van der Waals surface area contributed by atoms with E-state index in [9.17, 15) is 4.79 Å². The number of anilines is 2. The van der Waals surface area contributed by atoms with Crippen molar-refractivity contribution in [3.63, 3.8) is 0 Å². The van der Waals surface area contributed by atoms with Crippen molar-refractivity contribution in [1.29, 1.82) is 0 Å². The molecule has 0 bridgehead atoms. The standard InChI is InChI=1S/C20H24N4O/c21-20-22-12-16-13-24(9-8-18(16)23-20)17-7-3-6-15(11-17)19(25)10-14-4-1-2-5-14/h3,6-7,11-12,14H,1-2,4-5,8-10,13H2,(H2,21,22,23). The Hall–Kier alpha value is -2.43. The van der Waals surface area contributed by atoms with Gasteiger partial charge in [-0.2, -0.15) is 0 Å². The molecule has 130 valence electrons. The minimum atomic E-state index is 0.280. The molecule has 1 aromatic carbocycles. The first-order valence-corrected chi connectivity index (χ1v) is 9.17. The number of nitrogens with two attached hydrogens (primary N) is 1. The van der Waals surface area contributed by atoms with Gasteiger partial charge in [-0.3, -0.25) is 4.79 Å². The average Bonchev–Trinajstić information content (AvgIpc) is 3.14. The van der Waals surface area contributed by atoms with Crippen LogP contribution in [0.3, 0.4) is 0 Å². The van der Waals surface area contributed by atoms with Crippen LogP contribution in [-0.4, -0.2) is 22.3 Å². The van der Waals surface area contributed by atoms with Crippen molar-refractivity contribution in [3.05, 3.63) is 47.3 Å². The number of nitrogen functional groups attached to an aromatic ring is 1. The van der Waals surface area contributed by atoms with E-state index >= 15 is 0 Å². The second-order valence-electron chi connectivity index (χ2n) is 7.20. The number of hydrogen-bond donors (Lipinski definition) is 1. The van der Waals surface area contributed by atoms with E-state index in [-0.39, 0.29) is 5.78 Å². The van der Waals surface area contributed by atoms with Crippen molar-refractivity contribution < 1.29 is 4.79 Å². The third-order valence-electron chi connectivity index (χ3n) is 5.43. The summed E-state index contributed by atoms with van der Waals surface area (Å²) >= 11 is 0. The van der Waals surface area contributed by atoms with E-state index in [1.54, 1.807) is 0 Å². The summed E-state index contributed by atoms with van der Waals surface area (Å²) in [6, 6.07) is 8.06. The molecule has 5 heteroatoms. The number of nitrogens with zero attached hydrogens (tertiary/aromatic N) is 3. The first kappa shape index (κ1) is 16.1. The second kappa shape index (κ2) is 6.82. The molecule has 0 amide bonds. The van der Waals surface area contributed by atoms with E-state index in [0.717, 1.165) is 42.0 Å². The van der Waals surface area contributed by atoms with Crippen molar-refractivity contribution >= 4 is 17.4 Å². The molecule has 2 heterocycles. The predicted octanol–water partition coefficient (Wildman–Crippen LogP) is 3.38. The van der Waals surface area contributed by atoms with Gasteiger partial charge in [0.05, 0.1) is 5.69 Å². The minimum absolute atomic E-state index is 0.280. The maximum absolute atomic E-state index is 12.6. The SMILES string of the molecule is Nc1ncc2c(n1)CCN(c1cccc(C(=O)CC3CCCC3)c1)C2. The van der Waals surface area contributed by atoms with Crippen molar-refractivity contribution in [2.45, 2.75) is 45.1 Å². The largest absolute Gasteiger partial charge is 0.368 e. The Morgan fingerprint density at radius 2 is 2.12 bits per heavy atom. The second-order valence-corrected chi connectivity index (χ2v) is 7.20.